The molecule has 7 heteroatoms. The fourth-order valence-corrected chi connectivity index (χ4v) is 6.33. The van der Waals surface area contributed by atoms with E-state index in [-0.39, 0.29) is 19.1 Å². The predicted octanol–water partition coefficient (Wildman–Crippen LogP) is 5.11. The standard InChI is InChI=1S/C31H40N2O5/c1-37-30-16-24(14-25(20-34)28(30)21-35)31(36)33(19-27-15-23-10-5-6-12-29(23)38-27)18-26-11-7-13-32(26)17-22-8-3-2-4-9-22/h5-6,10,12,14-16,22,26,34-35H,2-4,7-9,11,13,17-21H2,1H3/t26-/m0/s1. The van der Waals surface area contributed by atoms with Crippen molar-refractivity contribution in [3.05, 3.63) is 64.9 Å². The third-order valence-electron chi connectivity index (χ3n) is 8.35. The van der Waals surface area contributed by atoms with Crippen LogP contribution in [-0.2, 0) is 19.8 Å². The molecule has 7 nitrogen and oxygen atoms in total. The van der Waals surface area contributed by atoms with Crippen LogP contribution in [0.3, 0.4) is 0 Å². The van der Waals surface area contributed by atoms with Gasteiger partial charge in [0.2, 0.25) is 0 Å². The highest BCUT2D eigenvalue weighted by Crippen LogP contribution is 2.30. The summed E-state index contributed by atoms with van der Waals surface area (Å²) in [4.78, 5) is 18.5. The molecule has 1 saturated heterocycles. The third-order valence-corrected chi connectivity index (χ3v) is 8.35. The van der Waals surface area contributed by atoms with E-state index in [9.17, 15) is 15.0 Å². The van der Waals surface area contributed by atoms with Gasteiger partial charge in [-0.3, -0.25) is 9.69 Å². The van der Waals surface area contributed by atoms with Crippen molar-refractivity contribution in [2.45, 2.75) is 70.7 Å². The molecule has 1 aliphatic carbocycles. The molecule has 1 aromatic heterocycles. The van der Waals surface area contributed by atoms with E-state index in [1.54, 1.807) is 12.1 Å². The minimum absolute atomic E-state index is 0.132. The number of carbonyl (C=O) groups excluding carboxylic acids is 1. The van der Waals surface area contributed by atoms with Crippen molar-refractivity contribution in [1.82, 2.24) is 9.80 Å². The molecule has 1 amide bonds. The zero-order chi connectivity index (χ0) is 26.5. The second-order valence-electron chi connectivity index (χ2n) is 10.9. The highest BCUT2D eigenvalue weighted by molar-refractivity contribution is 5.95. The number of furan rings is 1. The SMILES string of the molecule is COc1cc(C(=O)N(Cc2cc3ccccc3o2)C[C@@H]2CCCN2CC2CCCCC2)cc(CO)c1CO. The van der Waals surface area contributed by atoms with Crippen LogP contribution < -0.4 is 4.74 Å². The van der Waals surface area contributed by atoms with Crippen LogP contribution in [0, 0.1) is 5.92 Å². The van der Waals surface area contributed by atoms with Gasteiger partial charge < -0.3 is 24.3 Å². The van der Waals surface area contributed by atoms with E-state index in [1.807, 2.05) is 35.2 Å². The topological polar surface area (TPSA) is 86.4 Å². The molecule has 0 spiro atoms. The second-order valence-corrected chi connectivity index (χ2v) is 10.9. The number of carbonyl (C=O) groups is 1. The number of para-hydroxylation sites is 1. The van der Waals surface area contributed by atoms with Crippen molar-refractivity contribution < 1.29 is 24.2 Å². The van der Waals surface area contributed by atoms with Crippen molar-refractivity contribution >= 4 is 16.9 Å². The maximum absolute atomic E-state index is 14.1. The van der Waals surface area contributed by atoms with Crippen LogP contribution in [0.4, 0.5) is 0 Å². The molecule has 0 bridgehead atoms. The van der Waals surface area contributed by atoms with Crippen LogP contribution in [0.25, 0.3) is 11.0 Å². The Labute approximate surface area is 225 Å². The zero-order valence-electron chi connectivity index (χ0n) is 22.4. The summed E-state index contributed by atoms with van der Waals surface area (Å²) >= 11 is 0. The average molecular weight is 521 g/mol. The molecule has 5 rings (SSSR count). The first-order valence-corrected chi connectivity index (χ1v) is 14.0. The minimum Gasteiger partial charge on any atom is -0.496 e. The molecule has 1 atom stereocenters. The van der Waals surface area contributed by atoms with Gasteiger partial charge in [0.1, 0.15) is 17.1 Å². The van der Waals surface area contributed by atoms with E-state index >= 15 is 0 Å². The summed E-state index contributed by atoms with van der Waals surface area (Å²) in [6.45, 7) is 2.62. The Morgan fingerprint density at radius 2 is 1.87 bits per heavy atom. The van der Waals surface area contributed by atoms with E-state index < -0.39 is 0 Å². The maximum atomic E-state index is 14.1. The minimum atomic E-state index is -0.283. The van der Waals surface area contributed by atoms with E-state index in [0.717, 1.165) is 48.6 Å². The molecule has 3 aromatic rings. The van der Waals surface area contributed by atoms with E-state index in [0.29, 0.717) is 41.6 Å². The molecule has 0 radical (unpaired) electrons. The number of likely N-dealkylation sites (tertiary alicyclic amines) is 1. The summed E-state index contributed by atoms with van der Waals surface area (Å²) in [5, 5.41) is 20.8. The number of benzene rings is 2. The maximum Gasteiger partial charge on any atom is 0.254 e. The van der Waals surface area contributed by atoms with Crippen LogP contribution >= 0.6 is 0 Å². The van der Waals surface area contributed by atoms with Gasteiger partial charge in [-0.15, -0.1) is 0 Å². The van der Waals surface area contributed by atoms with Gasteiger partial charge in [0, 0.05) is 35.6 Å². The van der Waals surface area contributed by atoms with Crippen molar-refractivity contribution in [1.29, 1.82) is 0 Å². The lowest BCUT2D eigenvalue weighted by Gasteiger charge is -2.34. The highest BCUT2D eigenvalue weighted by Gasteiger charge is 2.31. The molecule has 204 valence electrons. The van der Waals surface area contributed by atoms with Gasteiger partial charge in [-0.2, -0.15) is 0 Å². The Morgan fingerprint density at radius 3 is 2.61 bits per heavy atom. The third kappa shape index (κ3) is 5.90. The van der Waals surface area contributed by atoms with Gasteiger partial charge >= 0.3 is 0 Å². The van der Waals surface area contributed by atoms with Crippen LogP contribution in [0.2, 0.25) is 0 Å². The molecular formula is C31H40N2O5. The zero-order valence-corrected chi connectivity index (χ0v) is 22.4. The number of amides is 1. The van der Waals surface area contributed by atoms with E-state index in [4.69, 9.17) is 9.15 Å². The monoisotopic (exact) mass is 520 g/mol. The number of hydrogen-bond donors (Lipinski definition) is 2. The molecule has 2 heterocycles. The number of nitrogens with zero attached hydrogens (tertiary/aromatic N) is 2. The van der Waals surface area contributed by atoms with Gasteiger partial charge in [-0.25, -0.2) is 0 Å². The van der Waals surface area contributed by atoms with Crippen molar-refractivity contribution in [3.8, 4) is 5.75 Å². The Kier molecular flexibility index (Phi) is 8.67. The number of rotatable bonds is 10. The highest BCUT2D eigenvalue weighted by atomic mass is 16.5. The van der Waals surface area contributed by atoms with Gasteiger partial charge in [0.25, 0.3) is 5.91 Å². The summed E-state index contributed by atoms with van der Waals surface area (Å²) in [6.07, 6.45) is 8.87. The first-order valence-electron chi connectivity index (χ1n) is 14.0. The van der Waals surface area contributed by atoms with Crippen molar-refractivity contribution in [3.63, 3.8) is 0 Å². The second kappa shape index (κ2) is 12.3. The average Bonchev–Trinajstić information content (AvgIpc) is 3.57. The van der Waals surface area contributed by atoms with Crippen LogP contribution in [0.5, 0.6) is 5.75 Å². The van der Waals surface area contributed by atoms with E-state index in [2.05, 4.69) is 4.90 Å². The molecular weight excluding hydrogens is 480 g/mol. The lowest BCUT2D eigenvalue weighted by molar-refractivity contribution is 0.0662. The summed E-state index contributed by atoms with van der Waals surface area (Å²) in [6, 6.07) is 13.6. The predicted molar refractivity (Wildman–Crippen MR) is 147 cm³/mol. The molecule has 2 N–H and O–H groups in total. The molecule has 1 aliphatic heterocycles. The molecule has 2 fully saturated rings. The number of ether oxygens (including phenoxy) is 1. The smallest absolute Gasteiger partial charge is 0.254 e. The first-order chi connectivity index (χ1) is 18.6. The Morgan fingerprint density at radius 1 is 1.05 bits per heavy atom. The summed E-state index contributed by atoms with van der Waals surface area (Å²) in [5.41, 5.74) is 2.26. The first kappa shape index (κ1) is 26.7. The molecule has 1 saturated carbocycles. The van der Waals surface area contributed by atoms with Gasteiger partial charge in [-0.05, 0) is 68.0 Å². The quantitative estimate of drug-likeness (QED) is 0.386. The lowest BCUT2D eigenvalue weighted by atomic mass is 9.89. The number of methoxy groups -OCH3 is 1. The van der Waals surface area contributed by atoms with E-state index in [1.165, 1.54) is 39.2 Å². The number of hydrogen-bond acceptors (Lipinski definition) is 6. The number of fused-ring (bicyclic) bond motifs is 1. The Hall–Kier alpha value is -2.87. The summed E-state index contributed by atoms with van der Waals surface area (Å²) < 4.78 is 11.6. The van der Waals surface area contributed by atoms with Crippen LogP contribution in [0.1, 0.15) is 72.2 Å². The fraction of sp³-hybridized carbons (Fsp3) is 0.516. The molecule has 0 unspecified atom stereocenters. The Bertz CT molecular complexity index is 1170. The summed E-state index contributed by atoms with van der Waals surface area (Å²) in [7, 11) is 1.51. The van der Waals surface area contributed by atoms with Gasteiger partial charge in [0.05, 0.1) is 26.9 Å². The normalized spacial score (nSPS) is 18.8. The van der Waals surface area contributed by atoms with Crippen LogP contribution in [-0.4, -0.2) is 58.7 Å². The molecule has 38 heavy (non-hydrogen) atoms. The number of aliphatic hydroxyl groups excluding tert-OH is 2. The van der Waals surface area contributed by atoms with Gasteiger partial charge in [-0.1, -0.05) is 37.5 Å². The van der Waals surface area contributed by atoms with Crippen LogP contribution in [0.15, 0.2) is 46.9 Å². The van der Waals surface area contributed by atoms with Crippen molar-refractivity contribution in [2.24, 2.45) is 5.92 Å². The lowest BCUT2D eigenvalue weighted by Crippen LogP contribution is -2.44. The molecule has 2 aliphatic rings. The largest absolute Gasteiger partial charge is 0.496 e. The van der Waals surface area contributed by atoms with Crippen molar-refractivity contribution in [2.75, 3.05) is 26.7 Å². The molecule has 2 aromatic carbocycles. The fourth-order valence-electron chi connectivity index (χ4n) is 6.33. The Balaban J connectivity index is 1.42. The van der Waals surface area contributed by atoms with Gasteiger partial charge in [0.15, 0.2) is 0 Å². The summed E-state index contributed by atoms with van der Waals surface area (Å²) in [5.74, 6) is 1.78. The number of aliphatic hydroxyl groups is 2.